The normalized spacial score (nSPS) is 10.8. The summed E-state index contributed by atoms with van der Waals surface area (Å²) in [5.74, 6) is 0. The Balaban J connectivity index is 1.96. The number of nitrogens with zero attached hydrogens (tertiary/aromatic N) is 2. The molecule has 0 aliphatic heterocycles. The Morgan fingerprint density at radius 1 is 1.10 bits per heavy atom. The summed E-state index contributed by atoms with van der Waals surface area (Å²) in [5.41, 5.74) is 9.97. The minimum atomic E-state index is 0.714. The van der Waals surface area contributed by atoms with Gasteiger partial charge in [-0.1, -0.05) is 40.2 Å². The van der Waals surface area contributed by atoms with E-state index in [2.05, 4.69) is 63.2 Å². The van der Waals surface area contributed by atoms with Crippen molar-refractivity contribution < 1.29 is 0 Å². The highest BCUT2D eigenvalue weighted by Crippen LogP contribution is 2.28. The van der Waals surface area contributed by atoms with Crippen LogP contribution >= 0.6 is 15.9 Å². The Hall–Kier alpha value is -2.07. The van der Waals surface area contributed by atoms with Crippen molar-refractivity contribution in [1.82, 2.24) is 4.98 Å². The highest BCUT2D eigenvalue weighted by molar-refractivity contribution is 9.10. The van der Waals surface area contributed by atoms with Crippen molar-refractivity contribution in [3.05, 3.63) is 64.8 Å². The van der Waals surface area contributed by atoms with Gasteiger partial charge in [-0.25, -0.2) is 0 Å². The highest BCUT2D eigenvalue weighted by Gasteiger charge is 2.08. The van der Waals surface area contributed by atoms with Crippen LogP contribution in [0.25, 0.3) is 10.9 Å². The van der Waals surface area contributed by atoms with Crippen molar-refractivity contribution >= 4 is 38.2 Å². The fraction of sp³-hybridized carbons (Fsp3) is 0.118. The number of para-hydroxylation sites is 1. The molecule has 0 atom stereocenters. The molecule has 0 saturated heterocycles. The molecule has 2 aromatic carbocycles. The van der Waals surface area contributed by atoms with Gasteiger partial charge in [0.25, 0.3) is 0 Å². The predicted molar refractivity (Wildman–Crippen MR) is 92.4 cm³/mol. The zero-order chi connectivity index (χ0) is 14.8. The minimum Gasteiger partial charge on any atom is -0.397 e. The first kappa shape index (κ1) is 13.9. The van der Waals surface area contributed by atoms with E-state index < -0.39 is 0 Å². The molecule has 0 radical (unpaired) electrons. The van der Waals surface area contributed by atoms with E-state index in [1.165, 1.54) is 5.56 Å². The van der Waals surface area contributed by atoms with E-state index >= 15 is 0 Å². The van der Waals surface area contributed by atoms with Gasteiger partial charge in [-0.05, 0) is 29.8 Å². The second-order valence-corrected chi connectivity index (χ2v) is 5.97. The zero-order valence-corrected chi connectivity index (χ0v) is 13.3. The lowest BCUT2D eigenvalue weighted by Crippen LogP contribution is -2.16. The Bertz CT molecular complexity index is 769. The number of anilines is 2. The maximum Gasteiger partial charge on any atom is 0.0951 e. The third-order valence-corrected chi connectivity index (χ3v) is 4.05. The summed E-state index contributed by atoms with van der Waals surface area (Å²) in [4.78, 5) is 6.60. The van der Waals surface area contributed by atoms with Gasteiger partial charge in [-0.2, -0.15) is 0 Å². The number of fused-ring (bicyclic) bond motifs is 1. The Labute approximate surface area is 132 Å². The number of nitrogens with two attached hydrogens (primary N) is 1. The zero-order valence-electron chi connectivity index (χ0n) is 11.8. The van der Waals surface area contributed by atoms with E-state index in [0.717, 1.165) is 27.6 Å². The van der Waals surface area contributed by atoms with Crippen molar-refractivity contribution in [3.8, 4) is 0 Å². The maximum absolute atomic E-state index is 6.01. The first-order valence-electron chi connectivity index (χ1n) is 6.74. The fourth-order valence-corrected chi connectivity index (χ4v) is 2.73. The van der Waals surface area contributed by atoms with Crippen LogP contribution in [0.5, 0.6) is 0 Å². The van der Waals surface area contributed by atoms with Crippen LogP contribution in [0, 0.1) is 0 Å². The van der Waals surface area contributed by atoms with E-state index in [9.17, 15) is 0 Å². The number of pyridine rings is 1. The molecule has 106 valence electrons. The number of hydrogen-bond donors (Lipinski definition) is 1. The van der Waals surface area contributed by atoms with E-state index in [1.807, 2.05) is 24.4 Å². The fourth-order valence-electron chi connectivity index (χ4n) is 2.47. The molecule has 0 aliphatic rings. The Morgan fingerprint density at radius 2 is 1.86 bits per heavy atom. The van der Waals surface area contributed by atoms with Crippen molar-refractivity contribution in [3.63, 3.8) is 0 Å². The van der Waals surface area contributed by atoms with E-state index in [0.29, 0.717) is 5.69 Å². The smallest absolute Gasteiger partial charge is 0.0951 e. The summed E-state index contributed by atoms with van der Waals surface area (Å²) >= 11 is 3.46. The maximum atomic E-state index is 6.01. The van der Waals surface area contributed by atoms with Gasteiger partial charge in [0.15, 0.2) is 0 Å². The molecule has 0 amide bonds. The minimum absolute atomic E-state index is 0.714. The molecule has 1 aromatic heterocycles. The van der Waals surface area contributed by atoms with Gasteiger partial charge < -0.3 is 10.6 Å². The van der Waals surface area contributed by atoms with Gasteiger partial charge in [0, 0.05) is 35.3 Å². The molecule has 2 N–H and O–H groups in total. The summed E-state index contributed by atoms with van der Waals surface area (Å²) < 4.78 is 1.09. The van der Waals surface area contributed by atoms with Crippen molar-refractivity contribution in [2.45, 2.75) is 6.54 Å². The number of hydrogen-bond acceptors (Lipinski definition) is 3. The molecule has 1 heterocycles. The first-order chi connectivity index (χ1) is 10.1. The van der Waals surface area contributed by atoms with Gasteiger partial charge in [-0.15, -0.1) is 0 Å². The Kier molecular flexibility index (Phi) is 3.80. The average molecular weight is 342 g/mol. The van der Waals surface area contributed by atoms with E-state index in [1.54, 1.807) is 0 Å². The summed E-state index contributed by atoms with van der Waals surface area (Å²) in [5, 5.41) is 1.08. The van der Waals surface area contributed by atoms with Crippen LogP contribution in [0.1, 0.15) is 5.56 Å². The van der Waals surface area contributed by atoms with Crippen molar-refractivity contribution in [2.75, 3.05) is 17.7 Å². The van der Waals surface area contributed by atoms with Crippen LogP contribution < -0.4 is 10.6 Å². The molecule has 0 unspecified atom stereocenters. The van der Waals surface area contributed by atoms with Crippen molar-refractivity contribution in [1.29, 1.82) is 0 Å². The lowest BCUT2D eigenvalue weighted by atomic mass is 10.1. The summed E-state index contributed by atoms with van der Waals surface area (Å²) in [7, 11) is 2.08. The van der Waals surface area contributed by atoms with Crippen LogP contribution in [0.3, 0.4) is 0 Å². The number of rotatable bonds is 3. The monoisotopic (exact) mass is 341 g/mol. The summed E-state index contributed by atoms with van der Waals surface area (Å²) in [6.45, 7) is 0.835. The van der Waals surface area contributed by atoms with Crippen LogP contribution in [-0.2, 0) is 6.54 Å². The van der Waals surface area contributed by atoms with Gasteiger partial charge >= 0.3 is 0 Å². The van der Waals surface area contributed by atoms with Crippen LogP contribution in [0.2, 0.25) is 0 Å². The lowest BCUT2D eigenvalue weighted by molar-refractivity contribution is 0.926. The first-order valence-corrected chi connectivity index (χ1v) is 7.53. The molecular formula is C17H16BrN3. The molecule has 3 rings (SSSR count). The second kappa shape index (κ2) is 5.74. The molecule has 4 heteroatoms. The Morgan fingerprint density at radius 3 is 2.62 bits per heavy atom. The molecule has 0 bridgehead atoms. The molecule has 21 heavy (non-hydrogen) atoms. The van der Waals surface area contributed by atoms with Gasteiger partial charge in [0.1, 0.15) is 0 Å². The SMILES string of the molecule is CN(Cc1ccc(Br)cc1)c1ccnc2c(N)cccc12. The highest BCUT2D eigenvalue weighted by atomic mass is 79.9. The van der Waals surface area contributed by atoms with E-state index in [-0.39, 0.29) is 0 Å². The third kappa shape index (κ3) is 2.85. The predicted octanol–water partition coefficient (Wildman–Crippen LogP) is 4.22. The number of halogens is 1. The van der Waals surface area contributed by atoms with E-state index in [4.69, 9.17) is 5.73 Å². The molecule has 0 spiro atoms. The summed E-state index contributed by atoms with van der Waals surface area (Å²) in [6, 6.07) is 16.3. The molecule has 3 nitrogen and oxygen atoms in total. The molecule has 0 aliphatic carbocycles. The van der Waals surface area contributed by atoms with Crippen LogP contribution in [0.15, 0.2) is 59.2 Å². The third-order valence-electron chi connectivity index (χ3n) is 3.52. The molecule has 0 saturated carbocycles. The lowest BCUT2D eigenvalue weighted by Gasteiger charge is -2.21. The number of aromatic nitrogens is 1. The largest absolute Gasteiger partial charge is 0.397 e. The molecule has 3 aromatic rings. The van der Waals surface area contributed by atoms with Crippen molar-refractivity contribution in [2.24, 2.45) is 0 Å². The average Bonchev–Trinajstić information content (AvgIpc) is 2.49. The van der Waals surface area contributed by atoms with Gasteiger partial charge in [-0.3, -0.25) is 4.98 Å². The van der Waals surface area contributed by atoms with Crippen LogP contribution in [-0.4, -0.2) is 12.0 Å². The number of benzene rings is 2. The van der Waals surface area contributed by atoms with Gasteiger partial charge in [0.05, 0.1) is 11.2 Å². The second-order valence-electron chi connectivity index (χ2n) is 5.06. The molecule has 0 fully saturated rings. The molecular weight excluding hydrogens is 326 g/mol. The number of nitrogen functional groups attached to an aromatic ring is 1. The standard InChI is InChI=1S/C17H16BrN3/c1-21(11-12-5-7-13(18)8-6-12)16-9-10-20-17-14(16)3-2-4-15(17)19/h2-10H,11,19H2,1H3. The summed E-state index contributed by atoms with van der Waals surface area (Å²) in [6.07, 6.45) is 1.81. The van der Waals surface area contributed by atoms with Gasteiger partial charge in [0.2, 0.25) is 0 Å². The van der Waals surface area contributed by atoms with Crippen LogP contribution in [0.4, 0.5) is 11.4 Å². The topological polar surface area (TPSA) is 42.2 Å². The quantitative estimate of drug-likeness (QED) is 0.725.